The highest BCUT2D eigenvalue weighted by atomic mass is 127. The zero-order valence-electron chi connectivity index (χ0n) is 18.1. The molecule has 2 aliphatic rings. The van der Waals surface area contributed by atoms with Crippen molar-refractivity contribution in [2.75, 3.05) is 45.9 Å². The fraction of sp³-hybridized carbons (Fsp3) is 0.900. The molecule has 1 aliphatic carbocycles. The van der Waals surface area contributed by atoms with Crippen molar-refractivity contribution in [3.8, 4) is 0 Å². The number of ether oxygens (including phenoxy) is 1. The van der Waals surface area contributed by atoms with Gasteiger partial charge >= 0.3 is 0 Å². The Labute approximate surface area is 187 Å². The molecule has 1 heterocycles. The zero-order valence-corrected chi connectivity index (χ0v) is 20.4. The van der Waals surface area contributed by atoms with E-state index in [1.807, 2.05) is 27.7 Å². The van der Waals surface area contributed by atoms with Gasteiger partial charge in [0, 0.05) is 37.3 Å². The highest BCUT2D eigenvalue weighted by molar-refractivity contribution is 14.0. The van der Waals surface area contributed by atoms with Crippen LogP contribution >= 0.6 is 24.0 Å². The van der Waals surface area contributed by atoms with Gasteiger partial charge in [-0.05, 0) is 40.5 Å². The number of guanidine groups is 1. The predicted molar refractivity (Wildman–Crippen MR) is 126 cm³/mol. The van der Waals surface area contributed by atoms with Crippen molar-refractivity contribution >= 4 is 35.8 Å². The first-order chi connectivity index (χ1) is 12.8. The van der Waals surface area contributed by atoms with Crippen LogP contribution in [0.15, 0.2) is 4.99 Å². The maximum atomic E-state index is 12.1. The number of nitrogens with zero attached hydrogens (tertiary/aromatic N) is 2. The molecule has 0 bridgehead atoms. The maximum Gasteiger partial charge on any atom is 0.242 e. The monoisotopic (exact) mass is 509 g/mol. The number of carbonyl (C=O) groups is 1. The molecule has 3 N–H and O–H groups in total. The van der Waals surface area contributed by atoms with Crippen LogP contribution < -0.4 is 16.0 Å². The lowest BCUT2D eigenvalue weighted by Crippen LogP contribution is -2.60. The van der Waals surface area contributed by atoms with E-state index in [4.69, 9.17) is 4.74 Å². The van der Waals surface area contributed by atoms with Gasteiger partial charge < -0.3 is 20.7 Å². The van der Waals surface area contributed by atoms with Crippen LogP contribution in [0.4, 0.5) is 0 Å². The summed E-state index contributed by atoms with van der Waals surface area (Å²) in [4.78, 5) is 19.2. The number of morpholine rings is 1. The van der Waals surface area contributed by atoms with Gasteiger partial charge in [-0.3, -0.25) is 9.69 Å². The number of hydrogen-bond acceptors (Lipinski definition) is 4. The SMILES string of the molecule is CCNC(=NCC(=O)NC(C)(C)C)NCC1(N2CCOCC2)CCCCC1.I. The first kappa shape index (κ1) is 25.4. The van der Waals surface area contributed by atoms with Crippen LogP contribution in [0, 0.1) is 0 Å². The summed E-state index contributed by atoms with van der Waals surface area (Å²) >= 11 is 0. The third kappa shape index (κ3) is 8.41. The van der Waals surface area contributed by atoms with Gasteiger partial charge in [0.25, 0.3) is 0 Å². The van der Waals surface area contributed by atoms with E-state index in [0.29, 0.717) is 0 Å². The molecule has 1 amide bonds. The van der Waals surface area contributed by atoms with Gasteiger partial charge in [-0.25, -0.2) is 4.99 Å². The summed E-state index contributed by atoms with van der Waals surface area (Å²) < 4.78 is 5.56. The van der Waals surface area contributed by atoms with Gasteiger partial charge in [-0.2, -0.15) is 0 Å². The van der Waals surface area contributed by atoms with Crippen LogP contribution in [0.2, 0.25) is 0 Å². The van der Waals surface area contributed by atoms with Gasteiger partial charge in [-0.15, -0.1) is 24.0 Å². The van der Waals surface area contributed by atoms with Crippen LogP contribution in [-0.4, -0.2) is 73.8 Å². The largest absolute Gasteiger partial charge is 0.379 e. The van der Waals surface area contributed by atoms with E-state index in [1.165, 1.54) is 32.1 Å². The van der Waals surface area contributed by atoms with E-state index < -0.39 is 0 Å². The quantitative estimate of drug-likeness (QED) is 0.291. The molecule has 0 unspecified atom stereocenters. The smallest absolute Gasteiger partial charge is 0.242 e. The summed E-state index contributed by atoms with van der Waals surface area (Å²) in [6.45, 7) is 13.4. The molecule has 2 fully saturated rings. The molecule has 1 saturated carbocycles. The van der Waals surface area contributed by atoms with Gasteiger partial charge in [0.1, 0.15) is 6.54 Å². The number of hydrogen-bond donors (Lipinski definition) is 3. The Balaban J connectivity index is 0.00000392. The van der Waals surface area contributed by atoms with Crippen molar-refractivity contribution in [1.29, 1.82) is 0 Å². The molecule has 0 aromatic carbocycles. The van der Waals surface area contributed by atoms with Crippen LogP contribution in [0.3, 0.4) is 0 Å². The Morgan fingerprint density at radius 1 is 1.11 bits per heavy atom. The lowest BCUT2D eigenvalue weighted by atomic mass is 9.80. The molecule has 1 aliphatic heterocycles. The first-order valence-electron chi connectivity index (χ1n) is 10.5. The Bertz CT molecular complexity index is 495. The van der Waals surface area contributed by atoms with Crippen LogP contribution in [0.25, 0.3) is 0 Å². The first-order valence-corrected chi connectivity index (χ1v) is 10.5. The molecule has 1 saturated heterocycles. The van der Waals surface area contributed by atoms with Crippen LogP contribution in [0.5, 0.6) is 0 Å². The molecule has 8 heteroatoms. The zero-order chi connectivity index (χ0) is 19.8. The van der Waals surface area contributed by atoms with Gasteiger partial charge in [-0.1, -0.05) is 19.3 Å². The van der Waals surface area contributed by atoms with Crippen molar-refractivity contribution in [2.24, 2.45) is 4.99 Å². The Kier molecular flexibility index (Phi) is 11.1. The van der Waals surface area contributed by atoms with Crippen molar-refractivity contribution in [3.05, 3.63) is 0 Å². The number of nitrogens with one attached hydrogen (secondary N) is 3. The molecule has 28 heavy (non-hydrogen) atoms. The van der Waals surface area contributed by atoms with Crippen molar-refractivity contribution in [2.45, 2.75) is 70.9 Å². The molecule has 7 nitrogen and oxygen atoms in total. The lowest BCUT2D eigenvalue weighted by molar-refractivity contribution is -0.121. The minimum Gasteiger partial charge on any atom is -0.379 e. The normalized spacial score (nSPS) is 20.8. The molecule has 0 radical (unpaired) electrons. The van der Waals surface area contributed by atoms with Gasteiger partial charge in [0.05, 0.1) is 13.2 Å². The average Bonchev–Trinajstić information content (AvgIpc) is 2.64. The average molecular weight is 509 g/mol. The highest BCUT2D eigenvalue weighted by Crippen LogP contribution is 2.33. The minimum atomic E-state index is -0.235. The number of amides is 1. The predicted octanol–water partition coefficient (Wildman–Crippen LogP) is 2.11. The second-order valence-corrected chi connectivity index (χ2v) is 8.73. The minimum absolute atomic E-state index is 0. The molecule has 164 valence electrons. The molecule has 0 aromatic rings. The van der Waals surface area contributed by atoms with E-state index in [0.717, 1.165) is 45.4 Å². The Hall–Kier alpha value is -0.610. The summed E-state index contributed by atoms with van der Waals surface area (Å²) in [6.07, 6.45) is 6.31. The summed E-state index contributed by atoms with van der Waals surface area (Å²) in [5, 5.41) is 9.76. The topological polar surface area (TPSA) is 78.0 Å². The van der Waals surface area contributed by atoms with E-state index in [9.17, 15) is 4.79 Å². The summed E-state index contributed by atoms with van der Waals surface area (Å²) in [6, 6.07) is 0. The third-order valence-electron chi connectivity index (χ3n) is 5.29. The van der Waals surface area contributed by atoms with Crippen molar-refractivity contribution in [3.63, 3.8) is 0 Å². The second kappa shape index (κ2) is 12.2. The standard InChI is InChI=1S/C20H39N5O2.HI/c1-5-21-18(22-15-17(26)24-19(2,3)4)23-16-20(9-7-6-8-10-20)25-11-13-27-14-12-25;/h5-16H2,1-4H3,(H,24,26)(H2,21,22,23);1H. The second-order valence-electron chi connectivity index (χ2n) is 8.73. The third-order valence-corrected chi connectivity index (χ3v) is 5.29. The Morgan fingerprint density at radius 3 is 2.32 bits per heavy atom. The van der Waals surface area contributed by atoms with Crippen LogP contribution in [0.1, 0.15) is 59.8 Å². The number of rotatable bonds is 6. The number of aliphatic imine (C=N–C) groups is 1. The fourth-order valence-electron chi connectivity index (χ4n) is 4.05. The van der Waals surface area contributed by atoms with E-state index >= 15 is 0 Å². The van der Waals surface area contributed by atoms with Crippen molar-refractivity contribution < 1.29 is 9.53 Å². The number of carbonyl (C=O) groups excluding carboxylic acids is 1. The Morgan fingerprint density at radius 2 is 1.75 bits per heavy atom. The van der Waals surface area contributed by atoms with E-state index in [2.05, 4.69) is 25.8 Å². The molecular weight excluding hydrogens is 469 g/mol. The van der Waals surface area contributed by atoms with E-state index in [-0.39, 0.29) is 47.5 Å². The fourth-order valence-corrected chi connectivity index (χ4v) is 4.05. The summed E-state index contributed by atoms with van der Waals surface area (Å²) in [5.74, 6) is 0.667. The number of halogens is 1. The molecule has 0 aromatic heterocycles. The van der Waals surface area contributed by atoms with Gasteiger partial charge in [0.15, 0.2) is 5.96 Å². The molecule has 0 spiro atoms. The molecule has 0 atom stereocenters. The van der Waals surface area contributed by atoms with Gasteiger partial charge in [0.2, 0.25) is 5.91 Å². The highest BCUT2D eigenvalue weighted by Gasteiger charge is 2.38. The van der Waals surface area contributed by atoms with Crippen molar-refractivity contribution in [1.82, 2.24) is 20.9 Å². The van der Waals surface area contributed by atoms with Crippen LogP contribution in [-0.2, 0) is 9.53 Å². The molecular formula is C20H40IN5O2. The molecule has 2 rings (SSSR count). The lowest BCUT2D eigenvalue weighted by Gasteiger charge is -2.48. The van der Waals surface area contributed by atoms with E-state index in [1.54, 1.807) is 0 Å². The summed E-state index contributed by atoms with van der Waals surface area (Å²) in [5.41, 5.74) is -0.0627. The maximum absolute atomic E-state index is 12.1. The summed E-state index contributed by atoms with van der Waals surface area (Å²) in [7, 11) is 0.